The molecule has 1 fully saturated rings. The molecule has 0 saturated heterocycles. The van der Waals surface area contributed by atoms with Crippen molar-refractivity contribution in [2.45, 2.75) is 39.0 Å². The second-order valence-electron chi connectivity index (χ2n) is 5.23. The molecular weight excluding hydrogens is 224 g/mol. The van der Waals surface area contributed by atoms with Gasteiger partial charge in [0.2, 0.25) is 0 Å². The maximum atomic E-state index is 12.4. The minimum Gasteiger partial charge on any atom is -0.272 e. The van der Waals surface area contributed by atoms with E-state index in [9.17, 15) is 4.79 Å². The summed E-state index contributed by atoms with van der Waals surface area (Å²) < 4.78 is 0. The van der Waals surface area contributed by atoms with Gasteiger partial charge in [-0.3, -0.25) is 4.79 Å². The van der Waals surface area contributed by atoms with Crippen LogP contribution in [0.3, 0.4) is 0 Å². The average Bonchev–Trinajstić information content (AvgIpc) is 2.55. The predicted molar refractivity (Wildman–Crippen MR) is 72.7 cm³/mol. The highest BCUT2D eigenvalue weighted by molar-refractivity contribution is 6.15. The molecule has 1 atom stereocenters. The first kappa shape index (κ1) is 11.5. The summed E-state index contributed by atoms with van der Waals surface area (Å²) in [5.41, 5.74) is 3.16. The van der Waals surface area contributed by atoms with Crippen molar-refractivity contribution in [2.75, 3.05) is 5.01 Å². The number of nitrogens with zero attached hydrogens (tertiary/aromatic N) is 2. The lowest BCUT2D eigenvalue weighted by molar-refractivity contribution is -0.119. The molecule has 1 saturated carbocycles. The molecule has 1 heterocycles. The first-order valence-corrected chi connectivity index (χ1v) is 6.74. The number of rotatable bonds is 1. The lowest BCUT2D eigenvalue weighted by atomic mass is 9.98. The van der Waals surface area contributed by atoms with Crippen molar-refractivity contribution >= 4 is 17.3 Å². The fourth-order valence-corrected chi connectivity index (χ4v) is 2.83. The van der Waals surface area contributed by atoms with E-state index in [1.54, 1.807) is 5.01 Å². The Morgan fingerprint density at radius 3 is 3.00 bits per heavy atom. The number of hydrogen-bond donors (Lipinski definition) is 0. The molecule has 18 heavy (non-hydrogen) atoms. The molecule has 3 rings (SSSR count). The van der Waals surface area contributed by atoms with Gasteiger partial charge in [-0.25, -0.2) is 5.01 Å². The number of hydrazone groups is 1. The highest BCUT2D eigenvalue weighted by Crippen LogP contribution is 2.31. The molecule has 1 aromatic carbocycles. The van der Waals surface area contributed by atoms with Gasteiger partial charge in [-0.2, -0.15) is 5.10 Å². The zero-order valence-corrected chi connectivity index (χ0v) is 10.7. The van der Waals surface area contributed by atoms with Gasteiger partial charge in [0.15, 0.2) is 0 Å². The van der Waals surface area contributed by atoms with Crippen LogP contribution in [-0.2, 0) is 4.79 Å². The number of benzene rings is 1. The first-order chi connectivity index (χ1) is 8.75. The van der Waals surface area contributed by atoms with E-state index in [2.05, 4.69) is 5.10 Å². The largest absolute Gasteiger partial charge is 0.272 e. The average molecular weight is 242 g/mol. The SMILES string of the molecule is Cc1cccc(N2N=C3CCCCCC3C2=O)c1. The van der Waals surface area contributed by atoms with Gasteiger partial charge in [-0.15, -0.1) is 0 Å². The van der Waals surface area contributed by atoms with Crippen molar-refractivity contribution in [3.8, 4) is 0 Å². The second-order valence-corrected chi connectivity index (χ2v) is 5.23. The molecule has 0 spiro atoms. The topological polar surface area (TPSA) is 32.7 Å². The minimum absolute atomic E-state index is 0.0491. The first-order valence-electron chi connectivity index (χ1n) is 6.74. The van der Waals surface area contributed by atoms with E-state index >= 15 is 0 Å². The molecule has 1 unspecified atom stereocenters. The quantitative estimate of drug-likeness (QED) is 0.743. The van der Waals surface area contributed by atoms with Crippen LogP contribution in [-0.4, -0.2) is 11.6 Å². The Bertz CT molecular complexity index is 507. The number of carbonyl (C=O) groups excluding carboxylic acids is 1. The van der Waals surface area contributed by atoms with Gasteiger partial charge in [0.05, 0.1) is 17.3 Å². The third-order valence-corrected chi connectivity index (χ3v) is 3.81. The summed E-state index contributed by atoms with van der Waals surface area (Å²) in [6.45, 7) is 2.04. The van der Waals surface area contributed by atoms with Gasteiger partial charge in [-0.1, -0.05) is 25.0 Å². The number of aryl methyl sites for hydroxylation is 1. The van der Waals surface area contributed by atoms with Gasteiger partial charge in [0, 0.05) is 0 Å². The predicted octanol–water partition coefficient (Wildman–Crippen LogP) is 3.28. The van der Waals surface area contributed by atoms with Crippen LogP contribution in [0.15, 0.2) is 29.4 Å². The van der Waals surface area contributed by atoms with Gasteiger partial charge >= 0.3 is 0 Å². The van der Waals surface area contributed by atoms with Crippen LogP contribution >= 0.6 is 0 Å². The molecule has 1 aliphatic carbocycles. The Kier molecular flexibility index (Phi) is 2.90. The van der Waals surface area contributed by atoms with Crippen molar-refractivity contribution < 1.29 is 4.79 Å². The number of anilines is 1. The van der Waals surface area contributed by atoms with E-state index in [0.29, 0.717) is 0 Å². The summed E-state index contributed by atoms with van der Waals surface area (Å²) in [5.74, 6) is 0.213. The van der Waals surface area contributed by atoms with Gasteiger partial charge in [-0.05, 0) is 43.9 Å². The van der Waals surface area contributed by atoms with E-state index in [1.165, 1.54) is 12.8 Å². The molecule has 0 aromatic heterocycles. The Hall–Kier alpha value is -1.64. The highest BCUT2D eigenvalue weighted by atomic mass is 16.2. The smallest absolute Gasteiger partial charge is 0.256 e. The molecule has 0 bridgehead atoms. The Labute approximate surface area is 107 Å². The van der Waals surface area contributed by atoms with Gasteiger partial charge in [0.1, 0.15) is 0 Å². The maximum Gasteiger partial charge on any atom is 0.256 e. The number of amides is 1. The summed E-state index contributed by atoms with van der Waals surface area (Å²) in [6.07, 6.45) is 5.51. The lowest BCUT2D eigenvalue weighted by Crippen LogP contribution is -2.27. The van der Waals surface area contributed by atoms with Crippen molar-refractivity contribution in [2.24, 2.45) is 11.0 Å². The van der Waals surface area contributed by atoms with Crippen molar-refractivity contribution in [3.63, 3.8) is 0 Å². The Morgan fingerprint density at radius 1 is 1.28 bits per heavy atom. The normalized spacial score (nSPS) is 23.6. The Morgan fingerprint density at radius 2 is 2.17 bits per heavy atom. The van der Waals surface area contributed by atoms with Crippen LogP contribution in [0.1, 0.15) is 37.7 Å². The molecule has 2 aliphatic rings. The zero-order chi connectivity index (χ0) is 12.5. The minimum atomic E-state index is 0.0491. The number of carbonyl (C=O) groups is 1. The summed E-state index contributed by atoms with van der Waals surface area (Å²) in [5, 5.41) is 6.17. The molecule has 1 aromatic rings. The van der Waals surface area contributed by atoms with Crippen LogP contribution in [0.25, 0.3) is 0 Å². The molecule has 0 N–H and O–H groups in total. The third kappa shape index (κ3) is 1.94. The van der Waals surface area contributed by atoms with Crippen LogP contribution in [0.4, 0.5) is 5.69 Å². The Balaban J connectivity index is 1.93. The summed E-state index contributed by atoms with van der Waals surface area (Å²) in [6, 6.07) is 7.99. The van der Waals surface area contributed by atoms with Gasteiger partial charge < -0.3 is 0 Å². The maximum absolute atomic E-state index is 12.4. The fourth-order valence-electron chi connectivity index (χ4n) is 2.83. The van der Waals surface area contributed by atoms with Crippen LogP contribution < -0.4 is 5.01 Å². The van der Waals surface area contributed by atoms with Crippen molar-refractivity contribution in [3.05, 3.63) is 29.8 Å². The van der Waals surface area contributed by atoms with E-state index in [0.717, 1.165) is 36.2 Å². The molecule has 3 heteroatoms. The lowest BCUT2D eigenvalue weighted by Gasteiger charge is -2.14. The van der Waals surface area contributed by atoms with Crippen LogP contribution in [0.5, 0.6) is 0 Å². The fraction of sp³-hybridized carbons (Fsp3) is 0.467. The van der Waals surface area contributed by atoms with Crippen LogP contribution in [0, 0.1) is 12.8 Å². The van der Waals surface area contributed by atoms with Crippen molar-refractivity contribution in [1.82, 2.24) is 0 Å². The van der Waals surface area contributed by atoms with E-state index < -0.39 is 0 Å². The molecule has 94 valence electrons. The van der Waals surface area contributed by atoms with Crippen LogP contribution in [0.2, 0.25) is 0 Å². The molecular formula is C15H18N2O. The molecule has 1 amide bonds. The summed E-state index contributed by atoms with van der Waals surface area (Å²) in [7, 11) is 0. The zero-order valence-electron chi connectivity index (χ0n) is 10.7. The molecule has 1 aliphatic heterocycles. The molecule has 3 nitrogen and oxygen atoms in total. The van der Waals surface area contributed by atoms with Crippen molar-refractivity contribution in [1.29, 1.82) is 0 Å². The second kappa shape index (κ2) is 4.56. The summed E-state index contributed by atoms with van der Waals surface area (Å²) >= 11 is 0. The number of hydrogen-bond acceptors (Lipinski definition) is 2. The molecule has 0 radical (unpaired) electrons. The van der Waals surface area contributed by atoms with E-state index in [1.807, 2.05) is 31.2 Å². The third-order valence-electron chi connectivity index (χ3n) is 3.81. The van der Waals surface area contributed by atoms with Gasteiger partial charge in [0.25, 0.3) is 5.91 Å². The standard InChI is InChI=1S/C15H18N2O/c1-11-6-5-7-12(10-11)17-15(18)13-8-3-2-4-9-14(13)16-17/h5-7,10,13H,2-4,8-9H2,1H3. The highest BCUT2D eigenvalue weighted by Gasteiger charge is 2.36. The summed E-state index contributed by atoms with van der Waals surface area (Å²) in [4.78, 5) is 12.4. The van der Waals surface area contributed by atoms with E-state index in [-0.39, 0.29) is 11.8 Å². The number of fused-ring (bicyclic) bond motifs is 1. The monoisotopic (exact) mass is 242 g/mol. The van der Waals surface area contributed by atoms with E-state index in [4.69, 9.17) is 0 Å².